The van der Waals surface area contributed by atoms with Crippen molar-refractivity contribution in [1.29, 1.82) is 0 Å². The van der Waals surface area contributed by atoms with Gasteiger partial charge < -0.3 is 24.5 Å². The second-order valence-electron chi connectivity index (χ2n) is 8.75. The van der Waals surface area contributed by atoms with E-state index in [2.05, 4.69) is 0 Å². The highest BCUT2D eigenvalue weighted by atomic mass is 16.5. The zero-order valence-electron chi connectivity index (χ0n) is 17.3. The molecule has 4 heterocycles. The summed E-state index contributed by atoms with van der Waals surface area (Å²) in [6.07, 6.45) is 6.84. The van der Waals surface area contributed by atoms with Crippen molar-refractivity contribution in [3.05, 3.63) is 24.3 Å². The van der Waals surface area contributed by atoms with Gasteiger partial charge in [-0.1, -0.05) is 24.3 Å². The fourth-order valence-corrected chi connectivity index (χ4v) is 5.25. The second kappa shape index (κ2) is 6.95. The predicted octanol–water partition coefficient (Wildman–Crippen LogP) is -0.217. The number of nitrogens with zero attached hydrogens (tertiary/aromatic N) is 3. The van der Waals surface area contributed by atoms with E-state index in [9.17, 15) is 19.5 Å². The fourth-order valence-electron chi connectivity index (χ4n) is 5.25. The number of hydrogen-bond donors (Lipinski definition) is 1. The molecule has 4 aliphatic rings. The molecule has 3 amide bonds. The van der Waals surface area contributed by atoms with Crippen molar-refractivity contribution >= 4 is 17.7 Å². The van der Waals surface area contributed by atoms with Crippen molar-refractivity contribution in [3.63, 3.8) is 0 Å². The SMILES string of the molecule is CC(C)N1CC=C[C@]23O[C@H]4C=CCN(C)C(=O)[C@H]4[C@H]2C(=O)N([C@H](C)CO)C3C1=O. The fraction of sp³-hybridized carbons (Fsp3) is 0.667. The highest BCUT2D eigenvalue weighted by Gasteiger charge is 2.72. The largest absolute Gasteiger partial charge is 0.394 e. The van der Waals surface area contributed by atoms with Gasteiger partial charge in [-0.15, -0.1) is 0 Å². The summed E-state index contributed by atoms with van der Waals surface area (Å²) in [6.45, 7) is 6.17. The lowest BCUT2D eigenvalue weighted by atomic mass is 9.77. The number of ether oxygens (including phenoxy) is 1. The molecule has 2 fully saturated rings. The van der Waals surface area contributed by atoms with E-state index in [1.807, 2.05) is 38.2 Å². The Bertz CT molecular complexity index is 793. The van der Waals surface area contributed by atoms with Crippen molar-refractivity contribution < 1.29 is 24.2 Å². The number of amides is 3. The van der Waals surface area contributed by atoms with Crippen LogP contribution in [0.2, 0.25) is 0 Å². The van der Waals surface area contributed by atoms with E-state index in [1.165, 1.54) is 4.90 Å². The van der Waals surface area contributed by atoms with E-state index in [-0.39, 0.29) is 30.4 Å². The molecule has 6 atom stereocenters. The molecule has 158 valence electrons. The van der Waals surface area contributed by atoms with Crippen LogP contribution in [-0.4, -0.2) is 94.1 Å². The first-order chi connectivity index (χ1) is 13.7. The van der Waals surface area contributed by atoms with Crippen LogP contribution in [0.4, 0.5) is 0 Å². The molecule has 4 aliphatic heterocycles. The Balaban J connectivity index is 1.88. The summed E-state index contributed by atoms with van der Waals surface area (Å²) in [4.78, 5) is 45.2. The number of carbonyl (C=O) groups is 3. The molecule has 1 N–H and O–H groups in total. The minimum atomic E-state index is -1.21. The maximum absolute atomic E-state index is 13.6. The van der Waals surface area contributed by atoms with Crippen LogP contribution >= 0.6 is 0 Å². The minimum Gasteiger partial charge on any atom is -0.394 e. The van der Waals surface area contributed by atoms with Crippen molar-refractivity contribution in [2.75, 3.05) is 26.7 Å². The van der Waals surface area contributed by atoms with Crippen LogP contribution in [0.3, 0.4) is 0 Å². The molecular weight excluding hydrogens is 374 g/mol. The van der Waals surface area contributed by atoms with E-state index >= 15 is 0 Å². The van der Waals surface area contributed by atoms with E-state index < -0.39 is 35.6 Å². The topological polar surface area (TPSA) is 90.4 Å². The van der Waals surface area contributed by atoms with Crippen LogP contribution in [0.15, 0.2) is 24.3 Å². The first-order valence-corrected chi connectivity index (χ1v) is 10.2. The molecule has 0 aromatic rings. The number of carbonyl (C=O) groups excluding carboxylic acids is 3. The van der Waals surface area contributed by atoms with E-state index in [4.69, 9.17) is 4.74 Å². The van der Waals surface area contributed by atoms with Crippen LogP contribution in [0.5, 0.6) is 0 Å². The number of aliphatic hydroxyl groups is 1. The summed E-state index contributed by atoms with van der Waals surface area (Å²) < 4.78 is 6.44. The Morgan fingerprint density at radius 2 is 1.86 bits per heavy atom. The van der Waals surface area contributed by atoms with E-state index in [0.29, 0.717) is 13.1 Å². The summed E-state index contributed by atoms with van der Waals surface area (Å²) in [5.74, 6) is -2.14. The monoisotopic (exact) mass is 403 g/mol. The smallest absolute Gasteiger partial charge is 0.249 e. The van der Waals surface area contributed by atoms with Crippen molar-refractivity contribution in [1.82, 2.24) is 14.7 Å². The van der Waals surface area contributed by atoms with E-state index in [0.717, 1.165) is 0 Å². The maximum atomic E-state index is 13.6. The quantitative estimate of drug-likeness (QED) is 0.658. The number of fused-ring (bicyclic) bond motifs is 2. The van der Waals surface area contributed by atoms with Crippen molar-refractivity contribution in [3.8, 4) is 0 Å². The van der Waals surface area contributed by atoms with Gasteiger partial charge >= 0.3 is 0 Å². The first-order valence-electron chi connectivity index (χ1n) is 10.2. The molecule has 0 bridgehead atoms. The molecule has 0 saturated carbocycles. The third-order valence-electron chi connectivity index (χ3n) is 6.69. The molecule has 29 heavy (non-hydrogen) atoms. The third kappa shape index (κ3) is 2.69. The van der Waals surface area contributed by atoms with Gasteiger partial charge in [-0.25, -0.2) is 0 Å². The van der Waals surface area contributed by atoms with Gasteiger partial charge in [0.25, 0.3) is 0 Å². The summed E-state index contributed by atoms with van der Waals surface area (Å²) >= 11 is 0. The molecule has 8 heteroatoms. The highest BCUT2D eigenvalue weighted by Crippen LogP contribution is 2.53. The van der Waals surface area contributed by atoms with Gasteiger partial charge in [0.2, 0.25) is 17.7 Å². The zero-order chi connectivity index (χ0) is 21.1. The third-order valence-corrected chi connectivity index (χ3v) is 6.69. The molecule has 1 unspecified atom stereocenters. The Hall–Kier alpha value is -2.19. The molecule has 1 spiro atoms. The average Bonchev–Trinajstić information content (AvgIpc) is 3.01. The maximum Gasteiger partial charge on any atom is 0.249 e. The summed E-state index contributed by atoms with van der Waals surface area (Å²) in [7, 11) is 1.71. The number of aliphatic hydroxyl groups excluding tert-OH is 1. The molecule has 0 aliphatic carbocycles. The first kappa shape index (κ1) is 20.1. The van der Waals surface area contributed by atoms with Gasteiger partial charge in [-0.3, -0.25) is 14.4 Å². The van der Waals surface area contributed by atoms with Crippen LogP contribution in [0, 0.1) is 11.8 Å². The lowest BCUT2D eigenvalue weighted by molar-refractivity contribution is -0.151. The molecule has 0 aromatic carbocycles. The molecule has 0 radical (unpaired) electrons. The Morgan fingerprint density at radius 3 is 2.52 bits per heavy atom. The van der Waals surface area contributed by atoms with Crippen LogP contribution < -0.4 is 0 Å². The van der Waals surface area contributed by atoms with Gasteiger partial charge in [0.15, 0.2) is 0 Å². The summed E-state index contributed by atoms with van der Waals surface area (Å²) in [6, 6.07) is -1.51. The minimum absolute atomic E-state index is 0.0534. The van der Waals surface area contributed by atoms with Gasteiger partial charge in [-0.2, -0.15) is 0 Å². The molecule has 0 aromatic heterocycles. The van der Waals surface area contributed by atoms with Gasteiger partial charge in [0.05, 0.1) is 30.6 Å². The summed E-state index contributed by atoms with van der Waals surface area (Å²) in [5.41, 5.74) is -1.21. The van der Waals surface area contributed by atoms with E-state index in [1.54, 1.807) is 23.8 Å². The van der Waals surface area contributed by atoms with Crippen LogP contribution in [-0.2, 0) is 19.1 Å². The highest BCUT2D eigenvalue weighted by molar-refractivity contribution is 6.00. The number of hydrogen-bond acceptors (Lipinski definition) is 5. The Labute approximate surface area is 170 Å². The number of likely N-dealkylation sites (N-methyl/N-ethyl adjacent to an activating group) is 1. The molecule has 2 saturated heterocycles. The Morgan fingerprint density at radius 1 is 1.14 bits per heavy atom. The van der Waals surface area contributed by atoms with Gasteiger partial charge in [-0.05, 0) is 20.8 Å². The number of rotatable bonds is 3. The molecule has 4 rings (SSSR count). The van der Waals surface area contributed by atoms with Crippen molar-refractivity contribution in [2.45, 2.75) is 50.6 Å². The summed E-state index contributed by atoms with van der Waals surface area (Å²) in [5, 5.41) is 9.80. The normalized spacial score (nSPS) is 37.6. The van der Waals surface area contributed by atoms with Crippen molar-refractivity contribution in [2.24, 2.45) is 11.8 Å². The standard InChI is InChI=1S/C21H29N3O5/c1-12(2)23-10-6-8-21-16(15-14(29-21)7-5-9-22(4)18(15)26)19(27)24(13(3)11-25)17(21)20(23)28/h5-8,12-17,25H,9-11H2,1-4H3/t13-,14+,15-,16+,17?,21+/m1/s1. The molecule has 8 nitrogen and oxygen atoms in total. The number of likely N-dealkylation sites (tertiary alicyclic amines) is 1. The van der Waals surface area contributed by atoms with Crippen LogP contribution in [0.25, 0.3) is 0 Å². The Kier molecular flexibility index (Phi) is 4.82. The molecular formula is C21H29N3O5. The average molecular weight is 403 g/mol. The predicted molar refractivity (Wildman–Crippen MR) is 105 cm³/mol. The lowest BCUT2D eigenvalue weighted by Crippen LogP contribution is -2.58. The lowest BCUT2D eigenvalue weighted by Gasteiger charge is -2.38. The van der Waals surface area contributed by atoms with Gasteiger partial charge in [0, 0.05) is 26.2 Å². The van der Waals surface area contributed by atoms with Gasteiger partial charge in [0.1, 0.15) is 11.6 Å². The van der Waals surface area contributed by atoms with Crippen LogP contribution in [0.1, 0.15) is 20.8 Å². The zero-order valence-corrected chi connectivity index (χ0v) is 17.3. The second-order valence-corrected chi connectivity index (χ2v) is 8.75.